The summed E-state index contributed by atoms with van der Waals surface area (Å²) in [5.74, 6) is -0.881. The van der Waals surface area contributed by atoms with Crippen LogP contribution in [0.1, 0.15) is 19.8 Å². The zero-order valence-electron chi connectivity index (χ0n) is 7.76. The Kier molecular flexibility index (Phi) is 6.17. The van der Waals surface area contributed by atoms with Crippen molar-refractivity contribution in [1.29, 1.82) is 0 Å². The van der Waals surface area contributed by atoms with Crippen molar-refractivity contribution in [3.63, 3.8) is 0 Å². The minimum absolute atomic E-state index is 0.377. The van der Waals surface area contributed by atoms with Crippen molar-refractivity contribution in [2.24, 2.45) is 0 Å². The normalized spacial score (nSPS) is 11.8. The molecule has 0 heterocycles. The molecule has 0 saturated carbocycles. The molecule has 4 N–H and O–H groups in total. The van der Waals surface area contributed by atoms with E-state index < -0.39 is 12.0 Å². The van der Waals surface area contributed by atoms with E-state index in [0.29, 0.717) is 11.5 Å². The molecule has 5 nitrogen and oxygen atoms in total. The maximum absolute atomic E-state index is 10.6. The average Bonchev–Trinajstić information content (AvgIpc) is 2.11. The lowest BCUT2D eigenvalue weighted by atomic mass is 10.2. The second-order valence-corrected chi connectivity index (χ2v) is 2.94. The van der Waals surface area contributed by atoms with E-state index in [1.54, 1.807) is 7.05 Å². The standard InChI is InChI=1S/C7H15N3O2S/c1-3-4-5(6(11)12)9-10-7(13)8-2/h5,9H,3-4H2,1-2H3,(H,11,12)(H2,8,10,13). The summed E-state index contributed by atoms with van der Waals surface area (Å²) in [6.45, 7) is 1.92. The number of rotatable bonds is 5. The van der Waals surface area contributed by atoms with Crippen LogP contribution in [-0.2, 0) is 4.79 Å². The first-order valence-electron chi connectivity index (χ1n) is 4.07. The summed E-state index contributed by atoms with van der Waals surface area (Å²) in [4.78, 5) is 10.6. The van der Waals surface area contributed by atoms with E-state index in [1.165, 1.54) is 0 Å². The molecule has 0 aliphatic heterocycles. The summed E-state index contributed by atoms with van der Waals surface area (Å²) >= 11 is 4.77. The van der Waals surface area contributed by atoms with E-state index in [9.17, 15) is 4.79 Å². The summed E-state index contributed by atoms with van der Waals surface area (Å²) < 4.78 is 0. The Morgan fingerprint density at radius 2 is 2.23 bits per heavy atom. The van der Waals surface area contributed by atoms with Crippen molar-refractivity contribution in [2.45, 2.75) is 25.8 Å². The highest BCUT2D eigenvalue weighted by molar-refractivity contribution is 7.80. The summed E-state index contributed by atoms with van der Waals surface area (Å²) in [7, 11) is 1.66. The van der Waals surface area contributed by atoms with Crippen LogP contribution in [0.3, 0.4) is 0 Å². The highest BCUT2D eigenvalue weighted by Gasteiger charge is 2.15. The molecule has 0 rings (SSSR count). The van der Waals surface area contributed by atoms with Crippen LogP contribution < -0.4 is 16.2 Å². The van der Waals surface area contributed by atoms with Gasteiger partial charge in [0.15, 0.2) is 5.11 Å². The third-order valence-corrected chi connectivity index (χ3v) is 1.77. The topological polar surface area (TPSA) is 73.4 Å². The first-order chi connectivity index (χ1) is 6.11. The van der Waals surface area contributed by atoms with Crippen molar-refractivity contribution in [3.8, 4) is 0 Å². The zero-order valence-corrected chi connectivity index (χ0v) is 8.57. The summed E-state index contributed by atoms with van der Waals surface area (Å²) in [6, 6.07) is -0.601. The Bertz CT molecular complexity index is 187. The maximum atomic E-state index is 10.6. The van der Waals surface area contributed by atoms with Crippen LogP contribution in [0.2, 0.25) is 0 Å². The zero-order chi connectivity index (χ0) is 10.3. The molecule has 0 aliphatic rings. The molecule has 0 aromatic rings. The molecule has 0 saturated heterocycles. The van der Waals surface area contributed by atoms with Gasteiger partial charge in [-0.3, -0.25) is 10.2 Å². The van der Waals surface area contributed by atoms with Crippen molar-refractivity contribution in [2.75, 3.05) is 7.05 Å². The molecule has 6 heteroatoms. The number of hydrogen-bond donors (Lipinski definition) is 4. The van der Waals surface area contributed by atoms with E-state index >= 15 is 0 Å². The molecule has 0 radical (unpaired) electrons. The number of carboxylic acid groups (broad SMARTS) is 1. The quantitative estimate of drug-likeness (QED) is 0.369. The average molecular weight is 205 g/mol. The highest BCUT2D eigenvalue weighted by atomic mass is 32.1. The minimum Gasteiger partial charge on any atom is -0.480 e. The predicted octanol–water partition coefficient (Wildman–Crippen LogP) is -0.162. The molecule has 0 aromatic heterocycles. The number of nitrogens with one attached hydrogen (secondary N) is 3. The lowest BCUT2D eigenvalue weighted by molar-refractivity contribution is -0.139. The van der Waals surface area contributed by atoms with Gasteiger partial charge in [0.25, 0.3) is 0 Å². The molecule has 0 spiro atoms. The Hall–Kier alpha value is -0.880. The van der Waals surface area contributed by atoms with Crippen molar-refractivity contribution in [3.05, 3.63) is 0 Å². The molecule has 0 aromatic carbocycles. The van der Waals surface area contributed by atoms with Gasteiger partial charge in [-0.05, 0) is 18.6 Å². The van der Waals surface area contributed by atoms with Crippen molar-refractivity contribution >= 4 is 23.3 Å². The number of hydrazine groups is 1. The third-order valence-electron chi connectivity index (χ3n) is 1.46. The van der Waals surface area contributed by atoms with Crippen LogP contribution in [0.15, 0.2) is 0 Å². The Labute approximate surface area is 82.9 Å². The Morgan fingerprint density at radius 1 is 1.62 bits per heavy atom. The van der Waals surface area contributed by atoms with Gasteiger partial charge in [-0.2, -0.15) is 0 Å². The summed E-state index contributed by atoms with van der Waals surface area (Å²) in [5, 5.41) is 11.8. The Morgan fingerprint density at radius 3 is 2.62 bits per heavy atom. The molecule has 0 fully saturated rings. The van der Waals surface area contributed by atoms with E-state index in [1.807, 2.05) is 6.92 Å². The first-order valence-corrected chi connectivity index (χ1v) is 4.48. The van der Waals surface area contributed by atoms with Gasteiger partial charge >= 0.3 is 5.97 Å². The van der Waals surface area contributed by atoms with Gasteiger partial charge in [0.1, 0.15) is 6.04 Å². The highest BCUT2D eigenvalue weighted by Crippen LogP contribution is 1.94. The monoisotopic (exact) mass is 205 g/mol. The number of hydrogen-bond acceptors (Lipinski definition) is 3. The SMILES string of the molecule is CCCC(NNC(=S)NC)C(=O)O. The fourth-order valence-corrected chi connectivity index (χ4v) is 0.820. The van der Waals surface area contributed by atoms with Gasteiger partial charge in [-0.25, -0.2) is 5.43 Å². The number of carboxylic acids is 1. The molecule has 13 heavy (non-hydrogen) atoms. The fourth-order valence-electron chi connectivity index (χ4n) is 0.761. The van der Waals surface area contributed by atoms with E-state index in [2.05, 4.69) is 16.2 Å². The third kappa shape index (κ3) is 5.37. The summed E-state index contributed by atoms with van der Waals surface area (Å²) in [5.41, 5.74) is 5.21. The molecule has 0 bridgehead atoms. The van der Waals surface area contributed by atoms with Gasteiger partial charge < -0.3 is 10.4 Å². The smallest absolute Gasteiger partial charge is 0.322 e. The molecule has 0 amide bonds. The van der Waals surface area contributed by atoms with Crippen LogP contribution in [0.25, 0.3) is 0 Å². The van der Waals surface area contributed by atoms with Gasteiger partial charge in [0, 0.05) is 7.05 Å². The first kappa shape index (κ1) is 12.1. The van der Waals surface area contributed by atoms with Crippen LogP contribution in [0.5, 0.6) is 0 Å². The van der Waals surface area contributed by atoms with Crippen LogP contribution >= 0.6 is 12.2 Å². The number of thiocarbonyl (C=S) groups is 1. The van der Waals surface area contributed by atoms with Crippen molar-refractivity contribution < 1.29 is 9.90 Å². The molecular formula is C7H15N3O2S. The second-order valence-electron chi connectivity index (χ2n) is 2.53. The van der Waals surface area contributed by atoms with Crippen molar-refractivity contribution in [1.82, 2.24) is 16.2 Å². The Balaban J connectivity index is 3.82. The lowest BCUT2D eigenvalue weighted by Gasteiger charge is -2.15. The lowest BCUT2D eigenvalue weighted by Crippen LogP contribution is -2.50. The molecule has 1 atom stereocenters. The minimum atomic E-state index is -0.881. The molecule has 0 aliphatic carbocycles. The van der Waals surface area contributed by atoms with Gasteiger partial charge in [0.05, 0.1) is 0 Å². The molecule has 1 unspecified atom stereocenters. The largest absolute Gasteiger partial charge is 0.480 e. The molecule has 76 valence electrons. The maximum Gasteiger partial charge on any atom is 0.322 e. The number of carbonyl (C=O) groups is 1. The van der Waals surface area contributed by atoms with Crippen LogP contribution in [0.4, 0.5) is 0 Å². The molecular weight excluding hydrogens is 190 g/mol. The summed E-state index contributed by atoms with van der Waals surface area (Å²) in [6.07, 6.45) is 1.37. The van der Waals surface area contributed by atoms with Gasteiger partial charge in [-0.15, -0.1) is 0 Å². The number of aliphatic carboxylic acids is 1. The van der Waals surface area contributed by atoms with Crippen LogP contribution in [-0.4, -0.2) is 29.3 Å². The van der Waals surface area contributed by atoms with E-state index in [-0.39, 0.29) is 0 Å². The van der Waals surface area contributed by atoms with Crippen LogP contribution in [0, 0.1) is 0 Å². The fraction of sp³-hybridized carbons (Fsp3) is 0.714. The van der Waals surface area contributed by atoms with Gasteiger partial charge in [-0.1, -0.05) is 13.3 Å². The van der Waals surface area contributed by atoms with E-state index in [4.69, 9.17) is 17.3 Å². The predicted molar refractivity (Wildman–Crippen MR) is 54.3 cm³/mol. The van der Waals surface area contributed by atoms with Gasteiger partial charge in [0.2, 0.25) is 0 Å². The second kappa shape index (κ2) is 6.62. The van der Waals surface area contributed by atoms with E-state index in [0.717, 1.165) is 6.42 Å².